The molecule has 3 heterocycles. The van der Waals surface area contributed by atoms with Gasteiger partial charge in [0.25, 0.3) is 5.89 Å². The van der Waals surface area contributed by atoms with Gasteiger partial charge in [0.2, 0.25) is 5.91 Å². The van der Waals surface area contributed by atoms with Crippen molar-refractivity contribution in [2.75, 3.05) is 13.1 Å². The lowest BCUT2D eigenvalue weighted by atomic mass is 10.1. The van der Waals surface area contributed by atoms with Crippen molar-refractivity contribution in [2.45, 2.75) is 59.3 Å². The Hall–Kier alpha value is -2.22. The number of aromatic nitrogens is 4. The average molecular weight is 347 g/mol. The summed E-state index contributed by atoms with van der Waals surface area (Å²) in [5.41, 5.74) is 1.93. The quantitative estimate of drug-likeness (QED) is 0.790. The van der Waals surface area contributed by atoms with E-state index in [-0.39, 0.29) is 25.2 Å². The Morgan fingerprint density at radius 1 is 1.44 bits per heavy atom. The number of aryl methyl sites for hydroxylation is 3. The van der Waals surface area contributed by atoms with E-state index in [0.717, 1.165) is 37.2 Å². The van der Waals surface area contributed by atoms with Crippen LogP contribution >= 0.6 is 0 Å². The Balaban J connectivity index is 1.51. The van der Waals surface area contributed by atoms with Crippen LogP contribution in [0.25, 0.3) is 0 Å². The number of rotatable bonds is 6. The number of piperidine rings is 1. The zero-order chi connectivity index (χ0) is 17.8. The molecule has 1 aliphatic heterocycles. The van der Waals surface area contributed by atoms with Crippen LogP contribution in [-0.2, 0) is 29.1 Å². The molecule has 1 atom stereocenters. The second-order valence-electron chi connectivity index (χ2n) is 6.46. The zero-order valence-corrected chi connectivity index (χ0v) is 15.1. The predicted molar refractivity (Wildman–Crippen MR) is 89.8 cm³/mol. The summed E-state index contributed by atoms with van der Waals surface area (Å²) < 4.78 is 12.8. The van der Waals surface area contributed by atoms with Gasteiger partial charge in [-0.1, -0.05) is 12.1 Å². The van der Waals surface area contributed by atoms with Gasteiger partial charge in [0.1, 0.15) is 13.2 Å². The van der Waals surface area contributed by atoms with Gasteiger partial charge in [0.15, 0.2) is 5.82 Å². The fourth-order valence-electron chi connectivity index (χ4n) is 3.05. The Labute approximate surface area is 147 Å². The first kappa shape index (κ1) is 17.6. The monoisotopic (exact) mass is 347 g/mol. The molecule has 0 radical (unpaired) electrons. The van der Waals surface area contributed by atoms with Gasteiger partial charge in [-0.3, -0.25) is 9.48 Å². The Kier molecular flexibility index (Phi) is 5.47. The van der Waals surface area contributed by atoms with E-state index >= 15 is 0 Å². The Morgan fingerprint density at radius 2 is 2.28 bits per heavy atom. The molecule has 0 spiro atoms. The molecule has 2 aromatic heterocycles. The summed E-state index contributed by atoms with van der Waals surface area (Å²) >= 11 is 0. The fraction of sp³-hybridized carbons (Fsp3) is 0.647. The molecule has 136 valence electrons. The van der Waals surface area contributed by atoms with Crippen molar-refractivity contribution >= 4 is 5.91 Å². The van der Waals surface area contributed by atoms with Crippen molar-refractivity contribution < 1.29 is 14.1 Å². The van der Waals surface area contributed by atoms with E-state index < -0.39 is 0 Å². The maximum Gasteiger partial charge on any atom is 0.252 e. The summed E-state index contributed by atoms with van der Waals surface area (Å²) in [6, 6.07) is 1.98. The third kappa shape index (κ3) is 4.45. The molecular formula is C17H25N5O3. The van der Waals surface area contributed by atoms with Crippen molar-refractivity contribution in [3.63, 3.8) is 0 Å². The smallest absolute Gasteiger partial charge is 0.252 e. The highest BCUT2D eigenvalue weighted by atomic mass is 16.5. The van der Waals surface area contributed by atoms with Crippen LogP contribution in [0.5, 0.6) is 0 Å². The van der Waals surface area contributed by atoms with Crippen LogP contribution in [0.3, 0.4) is 0 Å². The molecule has 2 aromatic rings. The molecule has 0 bridgehead atoms. The lowest BCUT2D eigenvalue weighted by molar-refractivity contribution is -0.136. The summed E-state index contributed by atoms with van der Waals surface area (Å²) in [4.78, 5) is 18.7. The van der Waals surface area contributed by atoms with Gasteiger partial charge in [0, 0.05) is 25.2 Å². The molecule has 3 rings (SSSR count). The van der Waals surface area contributed by atoms with Gasteiger partial charge in [-0.15, -0.1) is 0 Å². The third-order valence-electron chi connectivity index (χ3n) is 4.39. The molecule has 1 amide bonds. The summed E-state index contributed by atoms with van der Waals surface area (Å²) in [5.74, 6) is 1.25. The number of amides is 1. The van der Waals surface area contributed by atoms with E-state index in [9.17, 15) is 4.79 Å². The number of carbonyl (C=O) groups is 1. The third-order valence-corrected chi connectivity index (χ3v) is 4.39. The average Bonchev–Trinajstić information content (AvgIpc) is 3.19. The van der Waals surface area contributed by atoms with Gasteiger partial charge < -0.3 is 14.2 Å². The summed E-state index contributed by atoms with van der Waals surface area (Å²) in [6.45, 7) is 7.78. The van der Waals surface area contributed by atoms with Crippen molar-refractivity contribution in [2.24, 2.45) is 0 Å². The largest absolute Gasteiger partial charge is 0.367 e. The minimum absolute atomic E-state index is 0.00451. The van der Waals surface area contributed by atoms with Crippen LogP contribution in [0.1, 0.15) is 42.9 Å². The lowest BCUT2D eigenvalue weighted by Gasteiger charge is -2.32. The van der Waals surface area contributed by atoms with Crippen LogP contribution in [0.2, 0.25) is 0 Å². The van der Waals surface area contributed by atoms with Crippen LogP contribution in [0.4, 0.5) is 0 Å². The van der Waals surface area contributed by atoms with Gasteiger partial charge in [-0.25, -0.2) is 0 Å². The van der Waals surface area contributed by atoms with Crippen LogP contribution < -0.4 is 0 Å². The van der Waals surface area contributed by atoms with Crippen LogP contribution in [0.15, 0.2) is 10.6 Å². The van der Waals surface area contributed by atoms with Crippen LogP contribution in [0, 0.1) is 13.8 Å². The van der Waals surface area contributed by atoms with Crippen molar-refractivity contribution in [1.82, 2.24) is 24.8 Å². The second kappa shape index (κ2) is 7.77. The van der Waals surface area contributed by atoms with E-state index in [0.29, 0.717) is 18.3 Å². The van der Waals surface area contributed by atoms with Crippen LogP contribution in [-0.4, -0.2) is 49.9 Å². The molecule has 8 heteroatoms. The van der Waals surface area contributed by atoms with E-state index in [1.165, 1.54) is 0 Å². The standard InChI is InChI=1S/C17H25N5O3/c1-4-15-18-16(25-20-15)11-24-14-6-5-7-21(9-14)17(23)10-22-13(3)8-12(2)19-22/h8,14H,4-7,9-11H2,1-3H3/t14-/m1/s1. The first-order valence-electron chi connectivity index (χ1n) is 8.77. The first-order chi connectivity index (χ1) is 12.0. The molecule has 1 aliphatic rings. The van der Waals surface area contributed by atoms with Crippen molar-refractivity contribution in [1.29, 1.82) is 0 Å². The second-order valence-corrected chi connectivity index (χ2v) is 6.46. The highest BCUT2D eigenvalue weighted by molar-refractivity contribution is 5.76. The van der Waals surface area contributed by atoms with Crippen molar-refractivity contribution in [3.8, 4) is 0 Å². The fourth-order valence-corrected chi connectivity index (χ4v) is 3.05. The molecule has 0 unspecified atom stereocenters. The van der Waals surface area contributed by atoms with Gasteiger partial charge in [-0.2, -0.15) is 10.1 Å². The van der Waals surface area contributed by atoms with Gasteiger partial charge in [-0.05, 0) is 32.8 Å². The SMILES string of the molecule is CCc1noc(CO[C@@H]2CCCN(C(=O)Cn3nc(C)cc3C)C2)n1. The number of hydrogen-bond acceptors (Lipinski definition) is 6. The molecule has 1 saturated heterocycles. The summed E-state index contributed by atoms with van der Waals surface area (Å²) in [5, 5.41) is 8.22. The molecule has 0 saturated carbocycles. The van der Waals surface area contributed by atoms with E-state index in [4.69, 9.17) is 9.26 Å². The highest BCUT2D eigenvalue weighted by Gasteiger charge is 2.25. The first-order valence-corrected chi connectivity index (χ1v) is 8.77. The normalized spacial score (nSPS) is 17.9. The molecule has 0 aromatic carbocycles. The highest BCUT2D eigenvalue weighted by Crippen LogP contribution is 2.16. The summed E-state index contributed by atoms with van der Waals surface area (Å²) in [6.07, 6.45) is 2.59. The molecule has 0 aliphatic carbocycles. The Morgan fingerprint density at radius 3 is 2.96 bits per heavy atom. The minimum atomic E-state index is -0.00451. The zero-order valence-electron chi connectivity index (χ0n) is 15.1. The maximum atomic E-state index is 12.6. The lowest BCUT2D eigenvalue weighted by Crippen LogP contribution is -2.44. The number of likely N-dealkylation sites (tertiary alicyclic amines) is 1. The predicted octanol–water partition coefficient (Wildman–Crippen LogP) is 1.65. The maximum absolute atomic E-state index is 12.6. The molecule has 0 N–H and O–H groups in total. The Bertz CT molecular complexity index is 724. The van der Waals surface area contributed by atoms with E-state index in [2.05, 4.69) is 15.2 Å². The summed E-state index contributed by atoms with van der Waals surface area (Å²) in [7, 11) is 0. The molecule has 1 fully saturated rings. The molecule has 25 heavy (non-hydrogen) atoms. The number of hydrogen-bond donors (Lipinski definition) is 0. The topological polar surface area (TPSA) is 86.3 Å². The minimum Gasteiger partial charge on any atom is -0.367 e. The molecular weight excluding hydrogens is 322 g/mol. The van der Waals surface area contributed by atoms with Gasteiger partial charge >= 0.3 is 0 Å². The number of nitrogens with zero attached hydrogens (tertiary/aromatic N) is 5. The number of ether oxygens (including phenoxy) is 1. The van der Waals surface area contributed by atoms with Gasteiger partial charge in [0.05, 0.1) is 11.8 Å². The van der Waals surface area contributed by atoms with E-state index in [1.807, 2.05) is 31.7 Å². The van der Waals surface area contributed by atoms with E-state index in [1.54, 1.807) is 4.68 Å². The number of carbonyl (C=O) groups excluding carboxylic acids is 1. The molecule has 8 nitrogen and oxygen atoms in total. The van der Waals surface area contributed by atoms with Crippen molar-refractivity contribution in [3.05, 3.63) is 29.2 Å².